The Labute approximate surface area is 79.2 Å². The molecule has 1 N–H and O–H groups in total. The fraction of sp³-hybridized carbons (Fsp3) is 0.571. The SMILES string of the molecule is O=C(NOCC1CC1)c1cnns1. The van der Waals surface area contributed by atoms with E-state index in [2.05, 4.69) is 15.1 Å². The van der Waals surface area contributed by atoms with Gasteiger partial charge in [-0.15, -0.1) is 5.10 Å². The monoisotopic (exact) mass is 199 g/mol. The molecular weight excluding hydrogens is 190 g/mol. The van der Waals surface area contributed by atoms with Crippen LogP contribution in [-0.2, 0) is 4.84 Å². The summed E-state index contributed by atoms with van der Waals surface area (Å²) in [5.74, 6) is 0.371. The molecule has 0 bridgehead atoms. The van der Waals surface area contributed by atoms with Gasteiger partial charge in [-0.2, -0.15) is 0 Å². The number of hydrogen-bond acceptors (Lipinski definition) is 5. The molecule has 0 aliphatic heterocycles. The Bertz CT molecular complexity index is 284. The summed E-state index contributed by atoms with van der Waals surface area (Å²) in [7, 11) is 0. The molecule has 0 aromatic carbocycles. The van der Waals surface area contributed by atoms with Crippen molar-refractivity contribution in [3.8, 4) is 0 Å². The van der Waals surface area contributed by atoms with Crippen LogP contribution in [0.3, 0.4) is 0 Å². The topological polar surface area (TPSA) is 64.1 Å². The third-order valence-electron chi connectivity index (χ3n) is 1.77. The fourth-order valence-electron chi connectivity index (χ4n) is 0.827. The van der Waals surface area contributed by atoms with Gasteiger partial charge < -0.3 is 0 Å². The van der Waals surface area contributed by atoms with E-state index in [1.54, 1.807) is 0 Å². The summed E-state index contributed by atoms with van der Waals surface area (Å²) in [6, 6.07) is 0. The van der Waals surface area contributed by atoms with Crippen molar-refractivity contribution in [1.82, 2.24) is 15.1 Å². The third kappa shape index (κ3) is 2.46. The van der Waals surface area contributed by atoms with Gasteiger partial charge in [0, 0.05) is 0 Å². The molecule has 6 heteroatoms. The highest BCUT2D eigenvalue weighted by atomic mass is 32.1. The Hall–Kier alpha value is -1.01. The number of nitrogens with one attached hydrogen (secondary N) is 1. The maximum absolute atomic E-state index is 11.2. The number of rotatable bonds is 4. The highest BCUT2D eigenvalue weighted by molar-refractivity contribution is 7.07. The molecule has 0 unspecified atom stereocenters. The van der Waals surface area contributed by atoms with E-state index in [4.69, 9.17) is 4.84 Å². The maximum Gasteiger partial charge on any atom is 0.288 e. The second-order valence-corrected chi connectivity index (χ2v) is 3.75. The number of carbonyl (C=O) groups is 1. The number of carbonyl (C=O) groups excluding carboxylic acids is 1. The van der Waals surface area contributed by atoms with Gasteiger partial charge >= 0.3 is 0 Å². The summed E-state index contributed by atoms with van der Waals surface area (Å²) in [5, 5.41) is 3.55. The number of aromatic nitrogens is 2. The Morgan fingerprint density at radius 1 is 1.77 bits per heavy atom. The Balaban J connectivity index is 1.71. The lowest BCUT2D eigenvalue weighted by Gasteiger charge is -2.01. The van der Waals surface area contributed by atoms with E-state index in [0.29, 0.717) is 17.4 Å². The summed E-state index contributed by atoms with van der Waals surface area (Å²) in [4.78, 5) is 16.7. The van der Waals surface area contributed by atoms with Crippen molar-refractivity contribution in [3.05, 3.63) is 11.1 Å². The largest absolute Gasteiger partial charge is 0.288 e. The second kappa shape index (κ2) is 3.80. The van der Waals surface area contributed by atoms with Gasteiger partial charge in [-0.05, 0) is 30.3 Å². The highest BCUT2D eigenvalue weighted by Crippen LogP contribution is 2.28. The smallest absolute Gasteiger partial charge is 0.273 e. The molecule has 1 heterocycles. The van der Waals surface area contributed by atoms with Crippen LogP contribution in [0.15, 0.2) is 6.20 Å². The number of hydrogen-bond donors (Lipinski definition) is 1. The molecule has 0 atom stereocenters. The van der Waals surface area contributed by atoms with Gasteiger partial charge in [0.05, 0.1) is 12.8 Å². The maximum atomic E-state index is 11.2. The van der Waals surface area contributed by atoms with Crippen LogP contribution in [0, 0.1) is 5.92 Å². The zero-order chi connectivity index (χ0) is 9.10. The van der Waals surface area contributed by atoms with Crippen molar-refractivity contribution >= 4 is 17.4 Å². The van der Waals surface area contributed by atoms with E-state index < -0.39 is 0 Å². The van der Waals surface area contributed by atoms with Gasteiger partial charge in [-0.25, -0.2) is 5.48 Å². The van der Waals surface area contributed by atoms with E-state index in [-0.39, 0.29) is 5.91 Å². The van der Waals surface area contributed by atoms with Crippen LogP contribution in [0.4, 0.5) is 0 Å². The van der Waals surface area contributed by atoms with Gasteiger partial charge in [0.25, 0.3) is 5.91 Å². The molecule has 1 amide bonds. The van der Waals surface area contributed by atoms with Crippen molar-refractivity contribution in [3.63, 3.8) is 0 Å². The molecule has 1 aromatic rings. The van der Waals surface area contributed by atoms with Gasteiger partial charge in [0.2, 0.25) is 0 Å². The van der Waals surface area contributed by atoms with Crippen LogP contribution in [0.25, 0.3) is 0 Å². The molecule has 0 radical (unpaired) electrons. The van der Waals surface area contributed by atoms with Crippen molar-refractivity contribution in [2.24, 2.45) is 5.92 Å². The number of hydroxylamine groups is 1. The number of amides is 1. The van der Waals surface area contributed by atoms with E-state index in [9.17, 15) is 4.79 Å². The van der Waals surface area contributed by atoms with E-state index in [1.165, 1.54) is 19.0 Å². The lowest BCUT2D eigenvalue weighted by atomic mass is 10.5. The summed E-state index contributed by atoms with van der Waals surface area (Å²) in [5.41, 5.74) is 2.35. The van der Waals surface area contributed by atoms with Crippen LogP contribution in [0.1, 0.15) is 22.5 Å². The number of nitrogens with zero attached hydrogens (tertiary/aromatic N) is 2. The van der Waals surface area contributed by atoms with Crippen LogP contribution in [0.5, 0.6) is 0 Å². The molecule has 1 aliphatic carbocycles. The van der Waals surface area contributed by atoms with Crippen LogP contribution < -0.4 is 5.48 Å². The lowest BCUT2D eigenvalue weighted by molar-refractivity contribution is 0.0273. The molecule has 1 fully saturated rings. The van der Waals surface area contributed by atoms with Crippen LogP contribution in [-0.4, -0.2) is 22.1 Å². The molecular formula is C7H9N3O2S. The van der Waals surface area contributed by atoms with Crippen molar-refractivity contribution < 1.29 is 9.63 Å². The molecule has 5 nitrogen and oxygen atoms in total. The first-order chi connectivity index (χ1) is 6.36. The summed E-state index contributed by atoms with van der Waals surface area (Å²) in [6.45, 7) is 0.609. The predicted molar refractivity (Wildman–Crippen MR) is 46.1 cm³/mol. The molecule has 13 heavy (non-hydrogen) atoms. The molecule has 1 aliphatic rings. The quantitative estimate of drug-likeness (QED) is 0.721. The molecule has 70 valence electrons. The predicted octanol–water partition coefficient (Wildman–Crippen LogP) is 0.609. The van der Waals surface area contributed by atoms with Crippen LogP contribution in [0.2, 0.25) is 0 Å². The minimum Gasteiger partial charge on any atom is -0.273 e. The Kier molecular flexibility index (Phi) is 2.51. The normalized spacial score (nSPS) is 15.7. The minimum absolute atomic E-state index is 0.268. The third-order valence-corrected chi connectivity index (χ3v) is 2.43. The first kappa shape index (κ1) is 8.58. The average molecular weight is 199 g/mol. The van der Waals surface area contributed by atoms with Gasteiger partial charge in [0.1, 0.15) is 4.88 Å². The van der Waals surface area contributed by atoms with Crippen LogP contribution >= 0.6 is 11.5 Å². The van der Waals surface area contributed by atoms with E-state index in [1.807, 2.05) is 0 Å². The highest BCUT2D eigenvalue weighted by Gasteiger charge is 2.22. The minimum atomic E-state index is -0.268. The average Bonchev–Trinajstić information content (AvgIpc) is 2.80. The molecule has 1 saturated carbocycles. The first-order valence-electron chi connectivity index (χ1n) is 4.06. The summed E-state index contributed by atoms with van der Waals surface area (Å²) >= 11 is 1.05. The summed E-state index contributed by atoms with van der Waals surface area (Å²) in [6.07, 6.45) is 3.83. The van der Waals surface area contributed by atoms with Crippen molar-refractivity contribution in [2.75, 3.05) is 6.61 Å². The van der Waals surface area contributed by atoms with Gasteiger partial charge in [-0.1, -0.05) is 4.49 Å². The standard InChI is InChI=1S/C7H9N3O2S/c11-7(6-3-8-10-13-6)9-12-4-5-1-2-5/h3,5H,1-2,4H2,(H,9,11). The zero-order valence-corrected chi connectivity index (χ0v) is 7.71. The molecule has 1 aromatic heterocycles. The Morgan fingerprint density at radius 2 is 2.62 bits per heavy atom. The zero-order valence-electron chi connectivity index (χ0n) is 6.90. The Morgan fingerprint density at radius 3 is 3.23 bits per heavy atom. The fourth-order valence-corrected chi connectivity index (χ4v) is 1.23. The lowest BCUT2D eigenvalue weighted by Crippen LogP contribution is -2.23. The van der Waals surface area contributed by atoms with Gasteiger partial charge in [-0.3, -0.25) is 9.63 Å². The molecule has 0 spiro atoms. The second-order valence-electron chi connectivity index (χ2n) is 2.97. The molecule has 0 saturated heterocycles. The van der Waals surface area contributed by atoms with Crippen molar-refractivity contribution in [2.45, 2.75) is 12.8 Å². The summed E-state index contributed by atoms with van der Waals surface area (Å²) < 4.78 is 3.57. The van der Waals surface area contributed by atoms with Crippen molar-refractivity contribution in [1.29, 1.82) is 0 Å². The van der Waals surface area contributed by atoms with E-state index >= 15 is 0 Å². The first-order valence-corrected chi connectivity index (χ1v) is 4.83. The van der Waals surface area contributed by atoms with E-state index in [0.717, 1.165) is 11.5 Å². The molecule has 2 rings (SSSR count). The van der Waals surface area contributed by atoms with Gasteiger partial charge in [0.15, 0.2) is 0 Å².